The Kier molecular flexibility index (Phi) is 58.6. The normalized spacial score (nSPS) is 13.3. The SMILES string of the molecule is CCCCCCCCCCC(OCCCCCC)=C(OCCCCCC)C(CCCCCCC)OCOCOC(CCCCCCC)C(OCCCCCC)=C(CCCCCCCCCC)OCCCCCC. The van der Waals surface area contributed by atoms with Gasteiger partial charge < -0.3 is 33.2 Å². The predicted molar refractivity (Wildman–Crippen MR) is 316 cm³/mol. The third kappa shape index (κ3) is 46.4. The van der Waals surface area contributed by atoms with Gasteiger partial charge in [0.1, 0.15) is 23.7 Å². The van der Waals surface area contributed by atoms with Crippen molar-refractivity contribution in [1.29, 1.82) is 0 Å². The van der Waals surface area contributed by atoms with Crippen LogP contribution in [0.2, 0.25) is 0 Å². The fourth-order valence-corrected chi connectivity index (χ4v) is 9.69. The number of allylic oxidation sites excluding steroid dienone is 2. The van der Waals surface area contributed by atoms with Gasteiger partial charge in [0.15, 0.2) is 25.1 Å². The highest BCUT2D eigenvalue weighted by atomic mass is 16.7. The van der Waals surface area contributed by atoms with Crippen LogP contribution in [0.4, 0.5) is 0 Å². The summed E-state index contributed by atoms with van der Waals surface area (Å²) in [7, 11) is 0. The maximum absolute atomic E-state index is 6.91. The van der Waals surface area contributed by atoms with Crippen LogP contribution in [-0.2, 0) is 33.2 Å². The molecule has 0 bridgehead atoms. The Morgan fingerprint density at radius 1 is 0.247 bits per heavy atom. The predicted octanol–water partition coefficient (Wildman–Crippen LogP) is 22.3. The molecule has 2 atom stereocenters. The first-order valence-corrected chi connectivity index (χ1v) is 32.9. The summed E-state index contributed by atoms with van der Waals surface area (Å²) in [6, 6.07) is 0. The summed E-state index contributed by atoms with van der Waals surface area (Å²) in [4.78, 5) is 0. The van der Waals surface area contributed by atoms with E-state index in [1.807, 2.05) is 0 Å². The summed E-state index contributed by atoms with van der Waals surface area (Å²) in [5, 5.41) is 0. The second-order valence-electron chi connectivity index (χ2n) is 21.8. The molecule has 0 heterocycles. The Hall–Kier alpha value is -1.44. The third-order valence-corrected chi connectivity index (χ3v) is 14.6. The molecule has 73 heavy (non-hydrogen) atoms. The van der Waals surface area contributed by atoms with E-state index in [4.69, 9.17) is 33.2 Å². The minimum Gasteiger partial charge on any atom is -0.494 e. The van der Waals surface area contributed by atoms with Crippen LogP contribution in [0.15, 0.2) is 23.0 Å². The maximum Gasteiger partial charge on any atom is 0.162 e. The van der Waals surface area contributed by atoms with Crippen LogP contribution in [-0.4, -0.2) is 52.2 Å². The first kappa shape index (κ1) is 71.6. The molecule has 7 nitrogen and oxygen atoms in total. The van der Waals surface area contributed by atoms with Crippen LogP contribution in [0.1, 0.15) is 351 Å². The van der Waals surface area contributed by atoms with Crippen LogP contribution in [0.25, 0.3) is 0 Å². The molecule has 0 saturated heterocycles. The highest BCUT2D eigenvalue weighted by Crippen LogP contribution is 2.29. The summed E-state index contributed by atoms with van der Waals surface area (Å²) in [6.07, 6.45) is 54.8. The largest absolute Gasteiger partial charge is 0.494 e. The molecule has 0 aliphatic rings. The number of hydrogen-bond acceptors (Lipinski definition) is 7. The topological polar surface area (TPSA) is 64.6 Å². The average molecular weight is 1040 g/mol. The number of ether oxygens (including phenoxy) is 7. The van der Waals surface area contributed by atoms with Crippen LogP contribution < -0.4 is 0 Å². The Balaban J connectivity index is 6.78. The second kappa shape index (κ2) is 59.8. The molecular formula is C66H130O7. The van der Waals surface area contributed by atoms with Gasteiger partial charge in [-0.25, -0.2) is 0 Å². The van der Waals surface area contributed by atoms with Crippen molar-refractivity contribution in [2.75, 3.05) is 40.0 Å². The molecule has 0 amide bonds. The Bertz CT molecular complexity index is 1050. The van der Waals surface area contributed by atoms with Gasteiger partial charge in [-0.2, -0.15) is 0 Å². The zero-order chi connectivity index (χ0) is 53.2. The number of unbranched alkanes of at least 4 members (excludes halogenated alkanes) is 34. The lowest BCUT2D eigenvalue weighted by molar-refractivity contribution is -0.167. The van der Waals surface area contributed by atoms with Crippen LogP contribution in [0.3, 0.4) is 0 Å². The van der Waals surface area contributed by atoms with Gasteiger partial charge >= 0.3 is 0 Å². The van der Waals surface area contributed by atoms with Gasteiger partial charge in [-0.3, -0.25) is 0 Å². The first-order valence-electron chi connectivity index (χ1n) is 32.9. The van der Waals surface area contributed by atoms with Gasteiger partial charge in [0.25, 0.3) is 0 Å². The molecule has 2 unspecified atom stereocenters. The maximum atomic E-state index is 6.91. The van der Waals surface area contributed by atoms with E-state index in [-0.39, 0.29) is 25.8 Å². The van der Waals surface area contributed by atoms with Gasteiger partial charge in [-0.15, -0.1) is 0 Å². The van der Waals surface area contributed by atoms with Crippen molar-refractivity contribution in [3.8, 4) is 0 Å². The second-order valence-corrected chi connectivity index (χ2v) is 21.8. The monoisotopic (exact) mass is 1030 g/mol. The molecule has 0 radical (unpaired) electrons. The Morgan fingerprint density at radius 2 is 0.479 bits per heavy atom. The van der Waals surface area contributed by atoms with Crippen molar-refractivity contribution >= 4 is 0 Å². The molecule has 0 saturated carbocycles. The fraction of sp³-hybridized carbons (Fsp3) is 0.939. The number of rotatable bonds is 62. The molecule has 0 aromatic carbocycles. The lowest BCUT2D eigenvalue weighted by atomic mass is 10.0. The lowest BCUT2D eigenvalue weighted by Crippen LogP contribution is -2.25. The van der Waals surface area contributed by atoms with Crippen molar-refractivity contribution < 1.29 is 33.2 Å². The quantitative estimate of drug-likeness (QED) is 0.0342. The summed E-state index contributed by atoms with van der Waals surface area (Å²) in [5.41, 5.74) is 0. The summed E-state index contributed by atoms with van der Waals surface area (Å²) in [6.45, 7) is 21.5. The van der Waals surface area contributed by atoms with Crippen molar-refractivity contribution in [3.63, 3.8) is 0 Å². The molecular weight excluding hydrogens is 905 g/mol. The van der Waals surface area contributed by atoms with Gasteiger partial charge in [0.2, 0.25) is 0 Å². The van der Waals surface area contributed by atoms with Crippen molar-refractivity contribution in [2.45, 2.75) is 363 Å². The molecule has 0 aromatic rings. The molecule has 0 aromatic heterocycles. The summed E-state index contributed by atoms with van der Waals surface area (Å²) < 4.78 is 47.6. The minimum absolute atomic E-state index is 0.142. The zero-order valence-corrected chi connectivity index (χ0v) is 50.8. The Morgan fingerprint density at radius 3 is 0.767 bits per heavy atom. The van der Waals surface area contributed by atoms with E-state index in [2.05, 4.69) is 55.4 Å². The molecule has 0 rings (SSSR count). The van der Waals surface area contributed by atoms with Gasteiger partial charge in [-0.05, 0) is 51.4 Å². The van der Waals surface area contributed by atoms with E-state index in [0.29, 0.717) is 13.2 Å². The highest BCUT2D eigenvalue weighted by Gasteiger charge is 2.25. The summed E-state index contributed by atoms with van der Waals surface area (Å²) in [5.74, 6) is 3.92. The molecule has 0 fully saturated rings. The summed E-state index contributed by atoms with van der Waals surface area (Å²) >= 11 is 0. The van der Waals surface area contributed by atoms with Crippen molar-refractivity contribution in [3.05, 3.63) is 23.0 Å². The molecule has 7 heteroatoms. The highest BCUT2D eigenvalue weighted by molar-refractivity contribution is 5.09. The van der Waals surface area contributed by atoms with Gasteiger partial charge in [-0.1, -0.05) is 287 Å². The number of hydrogen-bond donors (Lipinski definition) is 0. The van der Waals surface area contributed by atoms with E-state index in [1.165, 1.54) is 218 Å². The van der Waals surface area contributed by atoms with E-state index < -0.39 is 0 Å². The standard InChI is InChI=1S/C66H130O7/c1-9-17-25-33-35-37-41-45-51-61(68-55-47-29-21-13-5)65(70-57-49-31-23-15-7)63(53-43-39-27-19-11-3)72-59-67-60-73-64(54-44-40-28-20-12-4)66(71-58-50-32-24-16-8)62(69-56-48-30-22-14-6)52-46-42-38-36-34-26-18-10-2/h63-64H,9-60H2,1-8H3. The third-order valence-electron chi connectivity index (χ3n) is 14.6. The van der Waals surface area contributed by atoms with Crippen molar-refractivity contribution in [1.82, 2.24) is 0 Å². The fourth-order valence-electron chi connectivity index (χ4n) is 9.69. The van der Waals surface area contributed by atoms with Crippen molar-refractivity contribution in [2.24, 2.45) is 0 Å². The van der Waals surface area contributed by atoms with E-state index in [9.17, 15) is 0 Å². The molecule has 436 valence electrons. The molecule has 0 N–H and O–H groups in total. The molecule has 0 spiro atoms. The van der Waals surface area contributed by atoms with E-state index >= 15 is 0 Å². The Labute approximate surface area is 457 Å². The van der Waals surface area contributed by atoms with Crippen LogP contribution in [0.5, 0.6) is 0 Å². The van der Waals surface area contributed by atoms with E-state index in [1.54, 1.807) is 0 Å². The molecule has 0 aliphatic carbocycles. The smallest absolute Gasteiger partial charge is 0.162 e. The zero-order valence-electron chi connectivity index (χ0n) is 50.8. The lowest BCUT2D eigenvalue weighted by Gasteiger charge is -2.26. The van der Waals surface area contributed by atoms with Crippen LogP contribution in [0, 0.1) is 0 Å². The van der Waals surface area contributed by atoms with Gasteiger partial charge in [0, 0.05) is 12.8 Å². The van der Waals surface area contributed by atoms with E-state index in [0.717, 1.165) is 113 Å². The van der Waals surface area contributed by atoms with Crippen LogP contribution >= 0.6 is 0 Å². The minimum atomic E-state index is -0.219. The molecule has 0 aliphatic heterocycles. The first-order chi connectivity index (χ1) is 36.1. The van der Waals surface area contributed by atoms with Gasteiger partial charge in [0.05, 0.1) is 26.4 Å². The average Bonchev–Trinajstić information content (AvgIpc) is 3.40.